The molecule has 0 saturated heterocycles. The first-order valence-corrected chi connectivity index (χ1v) is 13.1. The van der Waals surface area contributed by atoms with Gasteiger partial charge < -0.3 is 4.74 Å². The molecule has 0 radical (unpaired) electrons. The van der Waals surface area contributed by atoms with E-state index in [-0.39, 0.29) is 22.9 Å². The highest BCUT2D eigenvalue weighted by atomic mass is 32.2. The topological polar surface area (TPSA) is 77.4 Å². The van der Waals surface area contributed by atoms with Gasteiger partial charge in [0.2, 0.25) is 10.0 Å². The molecule has 1 aromatic heterocycles. The zero-order valence-corrected chi connectivity index (χ0v) is 19.8. The summed E-state index contributed by atoms with van der Waals surface area (Å²) in [5, 5.41) is 2.04. The Hall–Kier alpha value is -3.46. The molecule has 0 aliphatic rings. The molecule has 1 heterocycles. The first-order chi connectivity index (χ1) is 16.5. The maximum absolute atomic E-state index is 12.8. The lowest BCUT2D eigenvalue weighted by Gasteiger charge is -2.11. The summed E-state index contributed by atoms with van der Waals surface area (Å²) >= 11 is 1.05. The molecule has 5 rings (SSSR count). The molecule has 0 atom stereocenters. The van der Waals surface area contributed by atoms with Crippen LogP contribution >= 0.6 is 11.3 Å². The Morgan fingerprint density at radius 3 is 2.50 bits per heavy atom. The molecule has 0 bridgehead atoms. The Balaban J connectivity index is 1.28. The van der Waals surface area contributed by atoms with Gasteiger partial charge in [0.1, 0.15) is 12.4 Å². The molecule has 0 saturated carbocycles. The van der Waals surface area contributed by atoms with Crippen molar-refractivity contribution < 1.29 is 13.2 Å². The maximum atomic E-state index is 12.8. The lowest BCUT2D eigenvalue weighted by Crippen LogP contribution is -2.28. The molecule has 34 heavy (non-hydrogen) atoms. The van der Waals surface area contributed by atoms with E-state index in [9.17, 15) is 13.2 Å². The van der Waals surface area contributed by atoms with Crippen LogP contribution in [-0.4, -0.2) is 26.1 Å². The van der Waals surface area contributed by atoms with Gasteiger partial charge in [-0.05, 0) is 35.2 Å². The third-order valence-corrected chi connectivity index (χ3v) is 7.94. The third-order valence-electron chi connectivity index (χ3n) is 5.53. The van der Waals surface area contributed by atoms with Crippen LogP contribution in [0, 0.1) is 0 Å². The van der Waals surface area contributed by atoms with Crippen LogP contribution in [-0.2, 0) is 16.6 Å². The summed E-state index contributed by atoms with van der Waals surface area (Å²) in [7, 11) is -3.75. The molecule has 4 aromatic carbocycles. The van der Waals surface area contributed by atoms with Crippen LogP contribution in [0.1, 0.15) is 5.56 Å². The Labute approximate surface area is 201 Å². The molecule has 0 unspecified atom stereocenters. The van der Waals surface area contributed by atoms with Crippen molar-refractivity contribution in [2.24, 2.45) is 0 Å². The number of hydrogen-bond donors (Lipinski definition) is 1. The highest BCUT2D eigenvalue weighted by Crippen LogP contribution is 2.25. The van der Waals surface area contributed by atoms with E-state index in [4.69, 9.17) is 4.74 Å². The zero-order valence-electron chi connectivity index (χ0n) is 18.2. The number of hydrogen-bond acceptors (Lipinski definition) is 5. The molecule has 0 aliphatic heterocycles. The summed E-state index contributed by atoms with van der Waals surface area (Å²) in [6.07, 6.45) is 0. The highest BCUT2D eigenvalue weighted by Gasteiger charge is 2.17. The van der Waals surface area contributed by atoms with E-state index in [1.54, 1.807) is 16.7 Å². The number of sulfonamides is 1. The second-order valence-corrected chi connectivity index (χ2v) is 10.6. The highest BCUT2D eigenvalue weighted by molar-refractivity contribution is 7.89. The van der Waals surface area contributed by atoms with Crippen LogP contribution in [0.25, 0.3) is 21.0 Å². The number of aromatic nitrogens is 1. The Morgan fingerprint density at radius 2 is 1.65 bits per heavy atom. The average Bonchev–Trinajstić information content (AvgIpc) is 3.16. The largest absolute Gasteiger partial charge is 0.492 e. The summed E-state index contributed by atoms with van der Waals surface area (Å²) in [5.41, 5.74) is 1.73. The average molecular weight is 491 g/mol. The lowest BCUT2D eigenvalue weighted by molar-refractivity contribution is 0.326. The number of benzene rings is 4. The molecule has 0 aliphatic carbocycles. The van der Waals surface area contributed by atoms with Gasteiger partial charge in [-0.2, -0.15) is 0 Å². The SMILES string of the molecule is O=c1sc2cc(S(=O)(=O)NCCOc3cccc4ccccc34)ccc2n1Cc1ccccc1. The second kappa shape index (κ2) is 9.42. The number of thiazole rings is 1. The summed E-state index contributed by atoms with van der Waals surface area (Å²) in [6, 6.07) is 28.1. The fraction of sp³-hybridized carbons (Fsp3) is 0.115. The van der Waals surface area contributed by atoms with Crippen molar-refractivity contribution in [2.45, 2.75) is 11.4 Å². The molecular weight excluding hydrogens is 468 g/mol. The van der Waals surface area contributed by atoms with E-state index in [1.807, 2.05) is 72.8 Å². The minimum atomic E-state index is -3.75. The third kappa shape index (κ3) is 4.61. The lowest BCUT2D eigenvalue weighted by atomic mass is 10.1. The van der Waals surface area contributed by atoms with Gasteiger partial charge in [-0.1, -0.05) is 78.1 Å². The van der Waals surface area contributed by atoms with Gasteiger partial charge in [-0.25, -0.2) is 13.1 Å². The van der Waals surface area contributed by atoms with Gasteiger partial charge >= 0.3 is 4.87 Å². The van der Waals surface area contributed by atoms with Crippen LogP contribution < -0.4 is 14.3 Å². The number of nitrogens with one attached hydrogen (secondary N) is 1. The number of rotatable bonds is 8. The molecule has 0 amide bonds. The number of ether oxygens (including phenoxy) is 1. The quantitative estimate of drug-likeness (QED) is 0.322. The van der Waals surface area contributed by atoms with Crippen molar-refractivity contribution in [3.05, 3.63) is 106 Å². The molecule has 5 aromatic rings. The predicted octanol–water partition coefficient (Wildman–Crippen LogP) is 4.62. The van der Waals surface area contributed by atoms with Gasteiger partial charge in [0.05, 0.1) is 21.7 Å². The molecule has 1 N–H and O–H groups in total. The summed E-state index contributed by atoms with van der Waals surface area (Å²) in [6.45, 7) is 0.751. The standard InChI is InChI=1S/C26H22N2O4S2/c29-26-28(18-19-7-2-1-3-8-19)23-14-13-21(17-25(23)33-26)34(30,31)27-15-16-32-24-12-6-10-20-9-4-5-11-22(20)24/h1-14,17,27H,15-16,18H2. The maximum Gasteiger partial charge on any atom is 0.308 e. The van der Waals surface area contributed by atoms with Crippen LogP contribution in [0.2, 0.25) is 0 Å². The minimum Gasteiger partial charge on any atom is -0.492 e. The van der Waals surface area contributed by atoms with Gasteiger partial charge in [0.25, 0.3) is 0 Å². The van der Waals surface area contributed by atoms with E-state index < -0.39 is 10.0 Å². The van der Waals surface area contributed by atoms with Gasteiger partial charge in [0.15, 0.2) is 0 Å². The van der Waals surface area contributed by atoms with Gasteiger partial charge in [-0.3, -0.25) is 9.36 Å². The molecule has 0 fully saturated rings. The fourth-order valence-corrected chi connectivity index (χ4v) is 5.91. The molecule has 8 heteroatoms. The molecule has 172 valence electrons. The summed E-state index contributed by atoms with van der Waals surface area (Å²) in [5.74, 6) is 0.711. The van der Waals surface area contributed by atoms with Crippen molar-refractivity contribution in [2.75, 3.05) is 13.2 Å². The van der Waals surface area contributed by atoms with Crippen molar-refractivity contribution in [3.63, 3.8) is 0 Å². The van der Waals surface area contributed by atoms with Crippen LogP contribution in [0.4, 0.5) is 0 Å². The molecule has 6 nitrogen and oxygen atoms in total. The summed E-state index contributed by atoms with van der Waals surface area (Å²) < 4.78 is 36.4. The second-order valence-electron chi connectivity index (χ2n) is 7.79. The predicted molar refractivity (Wildman–Crippen MR) is 136 cm³/mol. The van der Waals surface area contributed by atoms with Gasteiger partial charge in [-0.15, -0.1) is 0 Å². The van der Waals surface area contributed by atoms with E-state index in [2.05, 4.69) is 4.72 Å². The Kier molecular flexibility index (Phi) is 6.19. The number of nitrogens with zero attached hydrogens (tertiary/aromatic N) is 1. The van der Waals surface area contributed by atoms with Crippen molar-refractivity contribution >= 4 is 42.3 Å². The van der Waals surface area contributed by atoms with Crippen LogP contribution in [0.5, 0.6) is 5.75 Å². The fourth-order valence-electron chi connectivity index (χ4n) is 3.87. The van der Waals surface area contributed by atoms with Crippen molar-refractivity contribution in [1.29, 1.82) is 0 Å². The Morgan fingerprint density at radius 1 is 0.882 bits per heavy atom. The minimum absolute atomic E-state index is 0.120. The normalized spacial score (nSPS) is 11.8. The van der Waals surface area contributed by atoms with Crippen molar-refractivity contribution in [1.82, 2.24) is 9.29 Å². The first kappa shape index (κ1) is 22.3. The Bertz CT molecular complexity index is 1620. The van der Waals surface area contributed by atoms with E-state index in [0.717, 1.165) is 33.2 Å². The molecular formula is C26H22N2O4S2. The zero-order chi connectivity index (χ0) is 23.5. The van der Waals surface area contributed by atoms with E-state index >= 15 is 0 Å². The van der Waals surface area contributed by atoms with Gasteiger partial charge in [0, 0.05) is 11.9 Å². The monoisotopic (exact) mass is 490 g/mol. The van der Waals surface area contributed by atoms with Crippen LogP contribution in [0.15, 0.2) is 101 Å². The van der Waals surface area contributed by atoms with E-state index in [0.29, 0.717) is 17.0 Å². The smallest absolute Gasteiger partial charge is 0.308 e. The van der Waals surface area contributed by atoms with Crippen LogP contribution in [0.3, 0.4) is 0 Å². The molecule has 0 spiro atoms. The van der Waals surface area contributed by atoms with E-state index in [1.165, 1.54) is 6.07 Å². The first-order valence-electron chi connectivity index (χ1n) is 10.8. The number of fused-ring (bicyclic) bond motifs is 2. The van der Waals surface area contributed by atoms with Crippen molar-refractivity contribution in [3.8, 4) is 5.75 Å². The summed E-state index contributed by atoms with van der Waals surface area (Å²) in [4.78, 5) is 12.5.